The van der Waals surface area contributed by atoms with Gasteiger partial charge in [-0.2, -0.15) is 5.10 Å². The van der Waals surface area contributed by atoms with Crippen LogP contribution in [-0.4, -0.2) is 56.7 Å². The van der Waals surface area contributed by atoms with Crippen molar-refractivity contribution in [1.82, 2.24) is 29.4 Å². The Balaban J connectivity index is 1.26. The van der Waals surface area contributed by atoms with Crippen LogP contribution in [0, 0.1) is 0 Å². The lowest BCUT2D eigenvalue weighted by atomic mass is 10.00. The van der Waals surface area contributed by atoms with Crippen LogP contribution in [0.3, 0.4) is 0 Å². The molecule has 2 aliphatic rings. The molecule has 0 aliphatic carbocycles. The summed E-state index contributed by atoms with van der Waals surface area (Å²) in [5.41, 5.74) is 5.52. The molecule has 0 radical (unpaired) electrons. The highest BCUT2D eigenvalue weighted by Gasteiger charge is 2.25. The van der Waals surface area contributed by atoms with Gasteiger partial charge in [-0.05, 0) is 69.7 Å². The number of amides is 1. The van der Waals surface area contributed by atoms with E-state index < -0.39 is 0 Å². The predicted molar refractivity (Wildman–Crippen MR) is 129 cm³/mol. The van der Waals surface area contributed by atoms with Gasteiger partial charge < -0.3 is 15.0 Å². The minimum Gasteiger partial charge on any atom is -0.321 e. The summed E-state index contributed by atoms with van der Waals surface area (Å²) in [5.74, 6) is 0.273. The summed E-state index contributed by atoms with van der Waals surface area (Å²) in [6.45, 7) is 3.06. The highest BCUT2D eigenvalue weighted by Crippen LogP contribution is 2.31. The van der Waals surface area contributed by atoms with Gasteiger partial charge in [0.05, 0.1) is 28.6 Å². The first kappa shape index (κ1) is 20.4. The van der Waals surface area contributed by atoms with Crippen molar-refractivity contribution in [3.63, 3.8) is 0 Å². The maximum absolute atomic E-state index is 13.1. The SMILES string of the molecule is CN1CCCC1c1cn2cc(NC(=O)c3ccc4c(c3)c(C3CCNC3)nn4C)ccc2n1. The molecule has 2 N–H and O–H groups in total. The van der Waals surface area contributed by atoms with E-state index in [1.807, 2.05) is 52.7 Å². The van der Waals surface area contributed by atoms with Crippen molar-refractivity contribution in [1.29, 1.82) is 0 Å². The molecule has 0 bridgehead atoms. The first-order chi connectivity index (χ1) is 16.1. The molecule has 5 heterocycles. The topological polar surface area (TPSA) is 79.5 Å². The molecule has 6 rings (SSSR count). The van der Waals surface area contributed by atoms with Gasteiger partial charge in [0, 0.05) is 42.9 Å². The standard InChI is InChI=1S/C25H29N7O/c1-30-11-3-4-22(30)20-15-32-14-18(6-8-23(32)28-20)27-25(33)16-5-7-21-19(12-16)24(29-31(21)2)17-9-10-26-13-17/h5-8,12,14-15,17,22,26H,3-4,9-11,13H2,1-2H3,(H,27,33). The molecule has 0 spiro atoms. The minimum absolute atomic E-state index is 0.119. The number of aromatic nitrogens is 4. The van der Waals surface area contributed by atoms with Crippen molar-refractivity contribution >= 4 is 28.1 Å². The third kappa shape index (κ3) is 3.59. The number of carbonyl (C=O) groups excluding carboxylic acids is 1. The predicted octanol–water partition coefficient (Wildman–Crippen LogP) is 3.32. The zero-order chi connectivity index (χ0) is 22.5. The molecule has 2 unspecified atom stereocenters. The van der Waals surface area contributed by atoms with Crippen LogP contribution < -0.4 is 10.6 Å². The van der Waals surface area contributed by atoms with Gasteiger partial charge in [0.2, 0.25) is 0 Å². The number of anilines is 1. The van der Waals surface area contributed by atoms with Crippen LogP contribution in [0.1, 0.15) is 53.0 Å². The molecule has 8 heteroatoms. The van der Waals surface area contributed by atoms with Crippen molar-refractivity contribution < 1.29 is 4.79 Å². The maximum Gasteiger partial charge on any atom is 0.255 e. The number of nitrogens with zero attached hydrogens (tertiary/aromatic N) is 5. The second kappa shape index (κ2) is 7.97. The summed E-state index contributed by atoms with van der Waals surface area (Å²) in [7, 11) is 4.12. The van der Waals surface area contributed by atoms with E-state index in [1.165, 1.54) is 6.42 Å². The van der Waals surface area contributed by atoms with E-state index >= 15 is 0 Å². The number of benzene rings is 1. The lowest BCUT2D eigenvalue weighted by Gasteiger charge is -2.16. The van der Waals surface area contributed by atoms with Gasteiger partial charge in [-0.15, -0.1) is 0 Å². The van der Waals surface area contributed by atoms with Crippen molar-refractivity contribution in [3.8, 4) is 0 Å². The fraction of sp³-hybridized carbons (Fsp3) is 0.400. The van der Waals surface area contributed by atoms with Gasteiger partial charge in [-0.25, -0.2) is 4.98 Å². The van der Waals surface area contributed by atoms with Crippen LogP contribution in [0.25, 0.3) is 16.6 Å². The number of likely N-dealkylation sites (tertiary alicyclic amines) is 1. The van der Waals surface area contributed by atoms with Crippen molar-refractivity contribution in [2.24, 2.45) is 7.05 Å². The molecule has 0 saturated carbocycles. The fourth-order valence-electron chi connectivity index (χ4n) is 5.36. The third-order valence-corrected chi connectivity index (χ3v) is 7.18. The van der Waals surface area contributed by atoms with Gasteiger partial charge in [0.25, 0.3) is 5.91 Å². The Bertz CT molecular complexity index is 1350. The van der Waals surface area contributed by atoms with Crippen molar-refractivity contribution in [3.05, 3.63) is 59.7 Å². The second-order valence-electron chi connectivity index (χ2n) is 9.37. The summed E-state index contributed by atoms with van der Waals surface area (Å²) >= 11 is 0. The van der Waals surface area contributed by atoms with Gasteiger partial charge in [0.1, 0.15) is 5.65 Å². The number of rotatable bonds is 4. The number of fused-ring (bicyclic) bond motifs is 2. The molecular formula is C25H29N7O. The number of hydrogen-bond donors (Lipinski definition) is 2. The summed E-state index contributed by atoms with van der Waals surface area (Å²) in [6.07, 6.45) is 7.44. The maximum atomic E-state index is 13.1. The number of pyridine rings is 1. The fourth-order valence-corrected chi connectivity index (χ4v) is 5.36. The Labute approximate surface area is 192 Å². The molecule has 1 amide bonds. The number of imidazole rings is 1. The van der Waals surface area contributed by atoms with Crippen LogP contribution in [0.5, 0.6) is 0 Å². The Morgan fingerprint density at radius 3 is 2.85 bits per heavy atom. The number of nitrogens with one attached hydrogen (secondary N) is 2. The average Bonchev–Trinajstić information content (AvgIpc) is 3.59. The minimum atomic E-state index is -0.119. The van der Waals surface area contributed by atoms with Crippen molar-refractivity contribution in [2.75, 3.05) is 32.0 Å². The van der Waals surface area contributed by atoms with Crippen LogP contribution in [0.2, 0.25) is 0 Å². The number of hydrogen-bond acceptors (Lipinski definition) is 5. The second-order valence-corrected chi connectivity index (χ2v) is 9.37. The van der Waals surface area contributed by atoms with Gasteiger partial charge in [-0.3, -0.25) is 14.4 Å². The summed E-state index contributed by atoms with van der Waals surface area (Å²) in [5, 5.41) is 12.3. The summed E-state index contributed by atoms with van der Waals surface area (Å²) in [4.78, 5) is 20.3. The van der Waals surface area contributed by atoms with Gasteiger partial charge in [0.15, 0.2) is 0 Å². The quantitative estimate of drug-likeness (QED) is 0.506. The first-order valence-electron chi connectivity index (χ1n) is 11.7. The Kier molecular flexibility index (Phi) is 4.92. The van der Waals surface area contributed by atoms with E-state index in [0.717, 1.165) is 66.1 Å². The number of carbonyl (C=O) groups is 1. The van der Waals surface area contributed by atoms with Crippen LogP contribution in [-0.2, 0) is 7.05 Å². The van der Waals surface area contributed by atoms with E-state index in [9.17, 15) is 4.79 Å². The molecule has 2 atom stereocenters. The van der Waals surface area contributed by atoms with E-state index in [2.05, 4.69) is 28.8 Å². The molecule has 1 aromatic carbocycles. The highest BCUT2D eigenvalue weighted by atomic mass is 16.1. The first-order valence-corrected chi connectivity index (χ1v) is 11.7. The van der Waals surface area contributed by atoms with E-state index in [-0.39, 0.29) is 5.91 Å². The van der Waals surface area contributed by atoms with Gasteiger partial charge in [-0.1, -0.05) is 0 Å². The molecule has 8 nitrogen and oxygen atoms in total. The van der Waals surface area contributed by atoms with E-state index in [0.29, 0.717) is 17.5 Å². The molecular weight excluding hydrogens is 414 g/mol. The van der Waals surface area contributed by atoms with E-state index in [1.54, 1.807) is 0 Å². The zero-order valence-corrected chi connectivity index (χ0v) is 19.1. The third-order valence-electron chi connectivity index (χ3n) is 7.18. The Hall–Kier alpha value is -3.23. The molecule has 4 aromatic rings. The molecule has 2 saturated heterocycles. The normalized spacial score (nSPS) is 21.4. The monoisotopic (exact) mass is 443 g/mol. The molecule has 3 aromatic heterocycles. The Morgan fingerprint density at radius 1 is 1.15 bits per heavy atom. The zero-order valence-electron chi connectivity index (χ0n) is 19.1. The highest BCUT2D eigenvalue weighted by molar-refractivity contribution is 6.06. The summed E-state index contributed by atoms with van der Waals surface area (Å²) < 4.78 is 3.92. The molecule has 33 heavy (non-hydrogen) atoms. The average molecular weight is 444 g/mol. The lowest BCUT2D eigenvalue weighted by molar-refractivity contribution is 0.102. The van der Waals surface area contributed by atoms with Gasteiger partial charge >= 0.3 is 0 Å². The van der Waals surface area contributed by atoms with Crippen LogP contribution >= 0.6 is 0 Å². The molecule has 2 aliphatic heterocycles. The molecule has 170 valence electrons. The van der Waals surface area contributed by atoms with Crippen LogP contribution in [0.4, 0.5) is 5.69 Å². The van der Waals surface area contributed by atoms with E-state index in [4.69, 9.17) is 10.1 Å². The largest absolute Gasteiger partial charge is 0.321 e. The number of aryl methyl sites for hydroxylation is 1. The molecule has 2 fully saturated rings. The van der Waals surface area contributed by atoms with Crippen molar-refractivity contribution in [2.45, 2.75) is 31.2 Å². The lowest BCUT2D eigenvalue weighted by Crippen LogP contribution is -2.17. The van der Waals surface area contributed by atoms with Crippen LogP contribution in [0.15, 0.2) is 42.7 Å². The summed E-state index contributed by atoms with van der Waals surface area (Å²) in [6, 6.07) is 10.1. The Morgan fingerprint density at radius 2 is 2.06 bits per heavy atom. The smallest absolute Gasteiger partial charge is 0.255 e.